The van der Waals surface area contributed by atoms with Gasteiger partial charge in [0.25, 0.3) is 11.8 Å². The van der Waals surface area contributed by atoms with E-state index in [0.717, 1.165) is 16.0 Å². The van der Waals surface area contributed by atoms with Gasteiger partial charge < -0.3 is 15.3 Å². The van der Waals surface area contributed by atoms with E-state index >= 15 is 0 Å². The highest BCUT2D eigenvalue weighted by atomic mass is 32.1. The lowest BCUT2D eigenvalue weighted by atomic mass is 9.97. The molecule has 0 spiro atoms. The molecule has 3 aromatic rings. The Bertz CT molecular complexity index is 1130. The highest BCUT2D eigenvalue weighted by Crippen LogP contribution is 2.37. The molecule has 1 aromatic heterocycles. The standard InChI is InChI=1S/C24H23N3O4S/c1-25-21(28)17-9-7-16(8-10-17)20-19(15-5-3-2-4-6-15)26-22(32-20)23(29)27-13-11-18(12-14-27)24(30)31/h2-10,18H,11-14H2,1H3,(H,25,28)(H,30,31). The van der Waals surface area contributed by atoms with Crippen LogP contribution in [0.4, 0.5) is 0 Å². The number of amides is 2. The summed E-state index contributed by atoms with van der Waals surface area (Å²) in [5, 5.41) is 12.2. The Kier molecular flexibility index (Phi) is 6.32. The lowest BCUT2D eigenvalue weighted by molar-refractivity contribution is -0.143. The zero-order valence-electron chi connectivity index (χ0n) is 17.6. The fourth-order valence-electron chi connectivity index (χ4n) is 3.78. The summed E-state index contributed by atoms with van der Waals surface area (Å²) in [5.74, 6) is -1.54. The number of carboxylic acid groups (broad SMARTS) is 1. The van der Waals surface area contributed by atoms with Crippen molar-refractivity contribution in [3.63, 3.8) is 0 Å². The van der Waals surface area contributed by atoms with E-state index in [1.54, 1.807) is 24.1 Å². The van der Waals surface area contributed by atoms with Gasteiger partial charge >= 0.3 is 5.97 Å². The number of carboxylic acids is 1. The van der Waals surface area contributed by atoms with Crippen LogP contribution in [0.1, 0.15) is 33.0 Å². The van der Waals surface area contributed by atoms with Gasteiger partial charge in [0.15, 0.2) is 5.01 Å². The third kappa shape index (κ3) is 4.40. The van der Waals surface area contributed by atoms with Crippen molar-refractivity contribution in [3.8, 4) is 21.7 Å². The molecule has 1 saturated heterocycles. The smallest absolute Gasteiger partial charge is 0.306 e. The minimum Gasteiger partial charge on any atom is -0.481 e. The van der Waals surface area contributed by atoms with Crippen LogP contribution in [0.2, 0.25) is 0 Å². The predicted molar refractivity (Wildman–Crippen MR) is 123 cm³/mol. The van der Waals surface area contributed by atoms with Crippen molar-refractivity contribution < 1.29 is 19.5 Å². The summed E-state index contributed by atoms with van der Waals surface area (Å²) in [6, 6.07) is 16.9. The number of thiazole rings is 1. The van der Waals surface area contributed by atoms with E-state index in [1.807, 2.05) is 42.5 Å². The SMILES string of the molecule is CNC(=O)c1ccc(-c2sc(C(=O)N3CCC(C(=O)O)CC3)nc2-c2ccccc2)cc1. The van der Waals surface area contributed by atoms with Gasteiger partial charge in [0.2, 0.25) is 0 Å². The Labute approximate surface area is 189 Å². The minimum atomic E-state index is -0.805. The number of likely N-dealkylation sites (tertiary alicyclic amines) is 1. The number of nitrogens with zero attached hydrogens (tertiary/aromatic N) is 2. The van der Waals surface area contributed by atoms with E-state index in [1.165, 1.54) is 11.3 Å². The average Bonchev–Trinajstić information content (AvgIpc) is 3.29. The maximum atomic E-state index is 13.2. The monoisotopic (exact) mass is 449 g/mol. The number of rotatable bonds is 5. The first-order chi connectivity index (χ1) is 15.5. The summed E-state index contributed by atoms with van der Waals surface area (Å²) in [7, 11) is 1.59. The van der Waals surface area contributed by atoms with E-state index in [9.17, 15) is 19.5 Å². The molecule has 0 unspecified atom stereocenters. The van der Waals surface area contributed by atoms with Crippen LogP contribution in [0.15, 0.2) is 54.6 Å². The zero-order valence-corrected chi connectivity index (χ0v) is 18.4. The van der Waals surface area contributed by atoms with Crippen LogP contribution in [0, 0.1) is 5.92 Å². The van der Waals surface area contributed by atoms with Crippen molar-refractivity contribution in [2.75, 3.05) is 20.1 Å². The quantitative estimate of drug-likeness (QED) is 0.618. The zero-order chi connectivity index (χ0) is 22.7. The molecular formula is C24H23N3O4S. The molecule has 2 heterocycles. The van der Waals surface area contributed by atoms with E-state index in [2.05, 4.69) is 5.32 Å². The summed E-state index contributed by atoms with van der Waals surface area (Å²) < 4.78 is 0. The molecule has 1 aliphatic heterocycles. The van der Waals surface area contributed by atoms with Crippen molar-refractivity contribution in [3.05, 3.63) is 65.2 Å². The Hall–Kier alpha value is -3.52. The van der Waals surface area contributed by atoms with Gasteiger partial charge in [-0.05, 0) is 30.5 Å². The van der Waals surface area contributed by atoms with Crippen molar-refractivity contribution in [2.45, 2.75) is 12.8 Å². The normalized spacial score (nSPS) is 14.2. The number of aromatic nitrogens is 1. The van der Waals surface area contributed by atoms with Gasteiger partial charge in [-0.25, -0.2) is 4.98 Å². The molecule has 1 aliphatic rings. The van der Waals surface area contributed by atoms with E-state index < -0.39 is 11.9 Å². The minimum absolute atomic E-state index is 0.162. The number of carbonyl (C=O) groups excluding carboxylic acids is 2. The molecule has 4 rings (SSSR count). The molecular weight excluding hydrogens is 426 g/mol. The molecule has 32 heavy (non-hydrogen) atoms. The van der Waals surface area contributed by atoms with Crippen LogP contribution >= 0.6 is 11.3 Å². The summed E-state index contributed by atoms with van der Waals surface area (Å²) in [6.45, 7) is 0.818. The summed E-state index contributed by atoms with van der Waals surface area (Å²) in [6.07, 6.45) is 0.900. The van der Waals surface area contributed by atoms with Gasteiger partial charge in [0, 0.05) is 31.3 Å². The van der Waals surface area contributed by atoms with Crippen LogP contribution in [0.3, 0.4) is 0 Å². The molecule has 2 N–H and O–H groups in total. The first kappa shape index (κ1) is 21.7. The fourth-order valence-corrected chi connectivity index (χ4v) is 4.84. The highest BCUT2D eigenvalue weighted by Gasteiger charge is 2.29. The molecule has 0 aliphatic carbocycles. The largest absolute Gasteiger partial charge is 0.481 e. The topological polar surface area (TPSA) is 99.6 Å². The highest BCUT2D eigenvalue weighted by molar-refractivity contribution is 7.17. The van der Waals surface area contributed by atoms with Crippen molar-refractivity contribution in [2.24, 2.45) is 5.92 Å². The summed E-state index contributed by atoms with van der Waals surface area (Å²) in [4.78, 5) is 43.5. The molecule has 0 radical (unpaired) electrons. The molecule has 0 atom stereocenters. The molecule has 164 valence electrons. The Balaban J connectivity index is 1.67. The Morgan fingerprint density at radius 1 is 1.00 bits per heavy atom. The van der Waals surface area contributed by atoms with Crippen LogP contribution in [-0.4, -0.2) is 52.9 Å². The van der Waals surface area contributed by atoms with Crippen LogP contribution in [0.5, 0.6) is 0 Å². The Morgan fingerprint density at radius 2 is 1.66 bits per heavy atom. The second-order valence-electron chi connectivity index (χ2n) is 7.62. The third-order valence-electron chi connectivity index (χ3n) is 5.63. The second-order valence-corrected chi connectivity index (χ2v) is 8.62. The van der Waals surface area contributed by atoms with Crippen molar-refractivity contribution >= 4 is 29.1 Å². The third-order valence-corrected chi connectivity index (χ3v) is 6.72. The van der Waals surface area contributed by atoms with Gasteiger partial charge in [0.05, 0.1) is 16.5 Å². The first-order valence-corrected chi connectivity index (χ1v) is 11.2. The molecule has 0 saturated carbocycles. The summed E-state index contributed by atoms with van der Waals surface area (Å²) >= 11 is 1.32. The van der Waals surface area contributed by atoms with Gasteiger partial charge in [-0.15, -0.1) is 11.3 Å². The van der Waals surface area contributed by atoms with Crippen molar-refractivity contribution in [1.82, 2.24) is 15.2 Å². The number of hydrogen-bond acceptors (Lipinski definition) is 5. The van der Waals surface area contributed by atoms with Gasteiger partial charge in [0.1, 0.15) is 0 Å². The lowest BCUT2D eigenvalue weighted by Gasteiger charge is -2.29. The molecule has 7 nitrogen and oxygen atoms in total. The van der Waals surface area contributed by atoms with Gasteiger partial charge in [-0.1, -0.05) is 42.5 Å². The molecule has 2 aromatic carbocycles. The number of piperidine rings is 1. The number of aliphatic carboxylic acids is 1. The maximum absolute atomic E-state index is 13.2. The lowest BCUT2D eigenvalue weighted by Crippen LogP contribution is -2.40. The Morgan fingerprint density at radius 3 is 2.25 bits per heavy atom. The van der Waals surface area contributed by atoms with Gasteiger partial charge in [-0.3, -0.25) is 14.4 Å². The average molecular weight is 450 g/mol. The number of hydrogen-bond donors (Lipinski definition) is 2. The summed E-state index contributed by atoms with van der Waals surface area (Å²) in [5.41, 5.74) is 3.04. The van der Waals surface area contributed by atoms with Crippen LogP contribution < -0.4 is 5.32 Å². The number of carbonyl (C=O) groups is 3. The van der Waals surface area contributed by atoms with E-state index in [4.69, 9.17) is 4.98 Å². The van der Waals surface area contributed by atoms with Crippen molar-refractivity contribution in [1.29, 1.82) is 0 Å². The predicted octanol–water partition coefficient (Wildman–Crippen LogP) is 3.77. The second kappa shape index (κ2) is 9.32. The van der Waals surface area contributed by atoms with Crippen LogP contribution in [0.25, 0.3) is 21.7 Å². The number of nitrogens with one attached hydrogen (secondary N) is 1. The molecule has 2 amide bonds. The molecule has 1 fully saturated rings. The first-order valence-electron chi connectivity index (χ1n) is 10.4. The van der Waals surface area contributed by atoms with Gasteiger partial charge in [-0.2, -0.15) is 0 Å². The van der Waals surface area contributed by atoms with E-state index in [0.29, 0.717) is 42.2 Å². The van der Waals surface area contributed by atoms with Crippen LogP contribution in [-0.2, 0) is 4.79 Å². The molecule has 0 bridgehead atoms. The fraction of sp³-hybridized carbons (Fsp3) is 0.250. The molecule has 8 heteroatoms. The van der Waals surface area contributed by atoms with E-state index in [-0.39, 0.29) is 11.8 Å². The maximum Gasteiger partial charge on any atom is 0.306 e. The number of benzene rings is 2.